The van der Waals surface area contributed by atoms with E-state index in [9.17, 15) is 4.79 Å². The second kappa shape index (κ2) is 6.59. The topological polar surface area (TPSA) is 39.4 Å². The summed E-state index contributed by atoms with van der Waals surface area (Å²) in [5.74, 6) is 0.612. The maximum Gasteiger partial charge on any atom is 0.339 e. The van der Waals surface area contributed by atoms with Crippen LogP contribution in [-0.2, 0) is 0 Å². The maximum absolute atomic E-state index is 11.4. The zero-order valence-electron chi connectivity index (χ0n) is 10.0. The summed E-state index contributed by atoms with van der Waals surface area (Å²) in [5, 5.41) is 1.86. The van der Waals surface area contributed by atoms with Crippen molar-refractivity contribution in [3.8, 4) is 5.75 Å². The number of hydrogen-bond donors (Lipinski definition) is 0. The second-order valence-corrected chi connectivity index (χ2v) is 4.82. The van der Waals surface area contributed by atoms with E-state index in [2.05, 4.69) is 15.9 Å². The first-order valence-electron chi connectivity index (χ1n) is 6.03. The number of rotatable bonds is 6. The van der Waals surface area contributed by atoms with Gasteiger partial charge < -0.3 is 9.15 Å². The fourth-order valence-corrected chi connectivity index (χ4v) is 2.15. The van der Waals surface area contributed by atoms with Crippen LogP contribution in [0.4, 0.5) is 0 Å². The minimum atomic E-state index is -0.371. The van der Waals surface area contributed by atoms with E-state index in [0.717, 1.165) is 30.0 Å². The lowest BCUT2D eigenvalue weighted by Crippen LogP contribution is -2.03. The molecule has 0 amide bonds. The van der Waals surface area contributed by atoms with Crippen LogP contribution in [-0.4, -0.2) is 11.9 Å². The molecular formula is C14H15BrO3. The molecule has 1 aromatic heterocycles. The van der Waals surface area contributed by atoms with Crippen LogP contribution in [0.3, 0.4) is 0 Å². The average molecular weight is 311 g/mol. The van der Waals surface area contributed by atoms with Gasteiger partial charge in [-0.05, 0) is 31.4 Å². The van der Waals surface area contributed by atoms with Gasteiger partial charge in [-0.15, -0.1) is 0 Å². The summed E-state index contributed by atoms with van der Waals surface area (Å²) in [5.41, 5.74) is 0.199. The normalized spacial score (nSPS) is 10.7. The van der Waals surface area contributed by atoms with Crippen molar-refractivity contribution in [2.45, 2.75) is 19.3 Å². The Bertz CT molecular complexity index is 562. The molecule has 0 fully saturated rings. The van der Waals surface area contributed by atoms with Gasteiger partial charge in [0.15, 0.2) is 0 Å². The van der Waals surface area contributed by atoms with E-state index in [1.54, 1.807) is 6.07 Å². The molecule has 1 aromatic carbocycles. The molecule has 0 saturated carbocycles. The average Bonchev–Trinajstić information content (AvgIpc) is 2.38. The van der Waals surface area contributed by atoms with Gasteiger partial charge >= 0.3 is 5.63 Å². The van der Waals surface area contributed by atoms with Crippen molar-refractivity contribution in [1.29, 1.82) is 0 Å². The molecule has 0 aliphatic rings. The molecule has 0 N–H and O–H groups in total. The van der Waals surface area contributed by atoms with Gasteiger partial charge in [-0.1, -0.05) is 28.1 Å². The zero-order valence-corrected chi connectivity index (χ0v) is 11.6. The number of unbranched alkanes of at least 4 members (excludes halogenated alkanes) is 2. The molecule has 2 aromatic rings. The van der Waals surface area contributed by atoms with Gasteiger partial charge in [-0.3, -0.25) is 0 Å². The van der Waals surface area contributed by atoms with Gasteiger partial charge in [0.1, 0.15) is 11.3 Å². The quantitative estimate of drug-likeness (QED) is 0.463. The molecule has 0 bridgehead atoms. The number of ether oxygens (including phenoxy) is 1. The minimum Gasteiger partial charge on any atom is -0.493 e. The first kappa shape index (κ1) is 13.1. The predicted octanol–water partition coefficient (Wildman–Crippen LogP) is 3.74. The summed E-state index contributed by atoms with van der Waals surface area (Å²) < 4.78 is 10.8. The molecule has 0 atom stereocenters. The molecule has 2 rings (SSSR count). The van der Waals surface area contributed by atoms with Gasteiger partial charge in [0.2, 0.25) is 0 Å². The van der Waals surface area contributed by atoms with E-state index in [1.165, 1.54) is 6.07 Å². The molecule has 0 aliphatic carbocycles. The molecule has 0 radical (unpaired) electrons. The van der Waals surface area contributed by atoms with Gasteiger partial charge in [0.25, 0.3) is 0 Å². The van der Waals surface area contributed by atoms with Crippen molar-refractivity contribution in [1.82, 2.24) is 0 Å². The summed E-state index contributed by atoms with van der Waals surface area (Å²) in [4.78, 5) is 11.4. The van der Waals surface area contributed by atoms with Crippen molar-refractivity contribution in [3.05, 3.63) is 40.8 Å². The summed E-state index contributed by atoms with van der Waals surface area (Å²) >= 11 is 3.39. The third-order valence-corrected chi connectivity index (χ3v) is 3.21. The second-order valence-electron chi connectivity index (χ2n) is 4.02. The predicted molar refractivity (Wildman–Crippen MR) is 75.6 cm³/mol. The highest BCUT2D eigenvalue weighted by Gasteiger charge is 2.05. The number of para-hydroxylation sites is 1. The Morgan fingerprint density at radius 3 is 2.83 bits per heavy atom. The Kier molecular flexibility index (Phi) is 4.81. The van der Waals surface area contributed by atoms with Gasteiger partial charge in [0, 0.05) is 5.33 Å². The lowest BCUT2D eigenvalue weighted by atomic mass is 10.2. The number of benzene rings is 1. The van der Waals surface area contributed by atoms with E-state index in [-0.39, 0.29) is 5.63 Å². The summed E-state index contributed by atoms with van der Waals surface area (Å²) in [6, 6.07) is 8.82. The number of hydrogen-bond acceptors (Lipinski definition) is 3. The van der Waals surface area contributed by atoms with Crippen LogP contribution in [0.15, 0.2) is 39.5 Å². The molecule has 1 heterocycles. The minimum absolute atomic E-state index is 0.371. The molecule has 3 nitrogen and oxygen atoms in total. The fraction of sp³-hybridized carbons (Fsp3) is 0.357. The number of alkyl halides is 1. The van der Waals surface area contributed by atoms with Crippen LogP contribution < -0.4 is 10.4 Å². The van der Waals surface area contributed by atoms with Crippen molar-refractivity contribution >= 4 is 26.9 Å². The Labute approximate surface area is 114 Å². The van der Waals surface area contributed by atoms with Crippen molar-refractivity contribution in [2.75, 3.05) is 11.9 Å². The van der Waals surface area contributed by atoms with Crippen LogP contribution >= 0.6 is 15.9 Å². The van der Waals surface area contributed by atoms with E-state index in [1.807, 2.05) is 18.2 Å². The summed E-state index contributed by atoms with van der Waals surface area (Å²) in [6.07, 6.45) is 3.24. The SMILES string of the molecule is O=c1cc(OCCCCCBr)c2ccccc2o1. The lowest BCUT2D eigenvalue weighted by Gasteiger charge is -2.07. The highest BCUT2D eigenvalue weighted by atomic mass is 79.9. The van der Waals surface area contributed by atoms with Crippen molar-refractivity contribution < 1.29 is 9.15 Å². The number of fused-ring (bicyclic) bond motifs is 1. The molecule has 0 spiro atoms. The summed E-state index contributed by atoms with van der Waals surface area (Å²) in [6.45, 7) is 0.625. The smallest absolute Gasteiger partial charge is 0.339 e. The standard InChI is InChI=1S/C14H15BrO3/c15-8-4-1-5-9-17-13-10-14(16)18-12-7-3-2-6-11(12)13/h2-3,6-7,10H,1,4-5,8-9H2. The number of halogens is 1. The van der Waals surface area contributed by atoms with Crippen LogP contribution in [0.25, 0.3) is 11.0 Å². The van der Waals surface area contributed by atoms with Gasteiger partial charge in [-0.25, -0.2) is 4.79 Å². The molecule has 0 aliphatic heterocycles. The van der Waals surface area contributed by atoms with E-state index >= 15 is 0 Å². The van der Waals surface area contributed by atoms with Crippen LogP contribution in [0, 0.1) is 0 Å². The van der Waals surface area contributed by atoms with Crippen molar-refractivity contribution in [3.63, 3.8) is 0 Å². The van der Waals surface area contributed by atoms with Gasteiger partial charge in [0.05, 0.1) is 18.1 Å². The van der Waals surface area contributed by atoms with Gasteiger partial charge in [-0.2, -0.15) is 0 Å². The highest BCUT2D eigenvalue weighted by Crippen LogP contribution is 2.23. The van der Waals surface area contributed by atoms with Crippen LogP contribution in [0.5, 0.6) is 5.75 Å². The van der Waals surface area contributed by atoms with E-state index in [4.69, 9.17) is 9.15 Å². The molecule has 0 saturated heterocycles. The third-order valence-electron chi connectivity index (χ3n) is 2.65. The highest BCUT2D eigenvalue weighted by molar-refractivity contribution is 9.09. The van der Waals surface area contributed by atoms with E-state index < -0.39 is 0 Å². The largest absolute Gasteiger partial charge is 0.493 e. The zero-order chi connectivity index (χ0) is 12.8. The Hall–Kier alpha value is -1.29. The first-order chi connectivity index (χ1) is 8.81. The lowest BCUT2D eigenvalue weighted by molar-refractivity contribution is 0.307. The molecular weight excluding hydrogens is 296 g/mol. The maximum atomic E-state index is 11.4. The Morgan fingerprint density at radius 2 is 2.00 bits per heavy atom. The van der Waals surface area contributed by atoms with Crippen LogP contribution in [0.2, 0.25) is 0 Å². The monoisotopic (exact) mass is 310 g/mol. The Balaban J connectivity index is 2.10. The third kappa shape index (κ3) is 3.35. The molecule has 18 heavy (non-hydrogen) atoms. The van der Waals surface area contributed by atoms with E-state index in [0.29, 0.717) is 17.9 Å². The molecule has 0 unspecified atom stereocenters. The van der Waals surface area contributed by atoms with Crippen molar-refractivity contribution in [2.24, 2.45) is 0 Å². The summed E-state index contributed by atoms with van der Waals surface area (Å²) in [7, 11) is 0. The Morgan fingerprint density at radius 1 is 1.17 bits per heavy atom. The van der Waals surface area contributed by atoms with Crippen LogP contribution in [0.1, 0.15) is 19.3 Å². The molecule has 4 heteroatoms. The molecule has 96 valence electrons. The fourth-order valence-electron chi connectivity index (χ4n) is 1.76. The first-order valence-corrected chi connectivity index (χ1v) is 7.15.